The van der Waals surface area contributed by atoms with E-state index in [-0.39, 0.29) is 25.2 Å². The molecule has 0 bridgehead atoms. The molecule has 0 unspecified atom stereocenters. The number of rotatable bonds is 32. The number of carbonyl (C=O) groups is 2. The monoisotopic (exact) mass is 810 g/mol. The normalized spacial score (nSPS) is 11.8. The molecule has 0 saturated heterocycles. The van der Waals surface area contributed by atoms with Gasteiger partial charge in [-0.15, -0.1) is 0 Å². The Hall–Kier alpha value is -1.39. The van der Waals surface area contributed by atoms with Gasteiger partial charge in [0.1, 0.15) is 13.2 Å². The summed E-state index contributed by atoms with van der Waals surface area (Å²) in [7, 11) is 0. The number of hydrogen-bond donors (Lipinski definition) is 0. The van der Waals surface area contributed by atoms with Crippen LogP contribution in [0, 0.1) is 0 Å². The first-order valence-electron chi connectivity index (χ1n) is 17.1. The summed E-state index contributed by atoms with van der Waals surface area (Å²) in [5.41, 5.74) is 0. The Morgan fingerprint density at radius 3 is 1.00 bits per heavy atom. The quantitative estimate of drug-likeness (QED) is 0.0548. The van der Waals surface area contributed by atoms with Crippen molar-refractivity contribution in [1.29, 1.82) is 0 Å². The molecule has 12 nitrogen and oxygen atoms in total. The van der Waals surface area contributed by atoms with Gasteiger partial charge in [0.15, 0.2) is 11.5 Å². The molecule has 14 heteroatoms. The predicted molar refractivity (Wildman–Crippen MR) is 190 cm³/mol. The summed E-state index contributed by atoms with van der Waals surface area (Å²) in [6, 6.07) is 7.47. The average Bonchev–Trinajstić information content (AvgIpc) is 3.03. The van der Waals surface area contributed by atoms with Gasteiger partial charge < -0.3 is 18.9 Å². The van der Waals surface area contributed by atoms with E-state index in [4.69, 9.17) is 47.4 Å². The van der Waals surface area contributed by atoms with Crippen molar-refractivity contribution in [1.82, 2.24) is 0 Å². The van der Waals surface area contributed by atoms with Crippen LogP contribution in [-0.4, -0.2) is 144 Å². The molecule has 0 N–H and O–H groups in total. The third kappa shape index (κ3) is 29.5. The molecule has 0 atom stereocenters. The maximum absolute atomic E-state index is 11.7. The van der Waals surface area contributed by atoms with E-state index in [0.29, 0.717) is 117 Å². The second-order valence-corrected chi connectivity index (χ2v) is 37.0. The van der Waals surface area contributed by atoms with Crippen LogP contribution in [-0.2, 0) is 47.5 Å². The van der Waals surface area contributed by atoms with Crippen LogP contribution in [0.1, 0.15) is 12.8 Å². The molecule has 0 aliphatic heterocycles. The van der Waals surface area contributed by atoms with Crippen LogP contribution in [0.15, 0.2) is 24.3 Å². The van der Waals surface area contributed by atoms with Crippen molar-refractivity contribution in [3.63, 3.8) is 0 Å². The number of carbonyl (C=O) groups excluding carboxylic acids is 2. The third-order valence-electron chi connectivity index (χ3n) is 6.45. The van der Waals surface area contributed by atoms with Gasteiger partial charge in [0, 0.05) is 0 Å². The fourth-order valence-corrected chi connectivity index (χ4v) is 7.72. The van der Waals surface area contributed by atoms with E-state index in [2.05, 4.69) is 34.5 Å². The summed E-state index contributed by atoms with van der Waals surface area (Å²) >= 11 is -3.40. The molecule has 0 aliphatic rings. The molecular weight excluding hydrogens is 746 g/mol. The van der Waals surface area contributed by atoms with Gasteiger partial charge in [-0.3, -0.25) is 0 Å². The van der Waals surface area contributed by atoms with Crippen LogP contribution in [0.25, 0.3) is 0 Å². The summed E-state index contributed by atoms with van der Waals surface area (Å²) in [5, 5.41) is 1.97. The van der Waals surface area contributed by atoms with Crippen molar-refractivity contribution >= 4 is 38.5 Å². The Labute approximate surface area is 293 Å². The van der Waals surface area contributed by atoms with Gasteiger partial charge in [-0.25, -0.2) is 0 Å². The average molecular weight is 808 g/mol. The van der Waals surface area contributed by atoms with Crippen molar-refractivity contribution in [3.05, 3.63) is 24.3 Å². The molecule has 1 aromatic carbocycles. The van der Waals surface area contributed by atoms with Gasteiger partial charge in [0.25, 0.3) is 0 Å². The first-order valence-corrected chi connectivity index (χ1v) is 32.6. The summed E-state index contributed by atoms with van der Waals surface area (Å²) in [6.07, 6.45) is 1.01. The molecule has 48 heavy (non-hydrogen) atoms. The number of ether oxygens (including phenoxy) is 10. The van der Waals surface area contributed by atoms with Crippen LogP contribution in [0.3, 0.4) is 0 Å². The standard InChI is InChI=1S/C34H62Ge2O12/c1-35(2,3)13-11-33(37)47-29-25-43-21-17-39-15-19-41-23-27-45-31-9-7-8-10-32(31)46-28-24-42-20-16-40-18-22-44-26-30-48-34(38)12-14-36(4,5)6/h7-10H,11-30H2,1-6H3. The van der Waals surface area contributed by atoms with Gasteiger partial charge >= 0.3 is 214 Å². The molecule has 0 spiro atoms. The summed E-state index contributed by atoms with van der Waals surface area (Å²) in [4.78, 5) is 23.4. The van der Waals surface area contributed by atoms with Gasteiger partial charge in [-0.2, -0.15) is 0 Å². The zero-order valence-electron chi connectivity index (χ0n) is 30.4. The first-order chi connectivity index (χ1) is 23.0. The molecule has 0 fully saturated rings. The van der Waals surface area contributed by atoms with Crippen LogP contribution in [0.2, 0.25) is 45.0 Å². The molecule has 1 rings (SSSR count). The molecule has 278 valence electrons. The second kappa shape index (κ2) is 28.3. The zero-order valence-corrected chi connectivity index (χ0v) is 34.5. The van der Waals surface area contributed by atoms with Gasteiger partial charge in [-0.1, -0.05) is 12.1 Å². The van der Waals surface area contributed by atoms with E-state index in [1.54, 1.807) is 0 Å². The molecule has 0 saturated carbocycles. The fourth-order valence-electron chi connectivity index (χ4n) is 3.72. The summed E-state index contributed by atoms with van der Waals surface area (Å²) in [6.45, 7) is 6.43. The minimum atomic E-state index is -1.70. The number of para-hydroxylation sites is 2. The molecule has 0 amide bonds. The van der Waals surface area contributed by atoms with E-state index in [0.717, 1.165) is 10.5 Å². The van der Waals surface area contributed by atoms with Crippen molar-refractivity contribution in [2.45, 2.75) is 57.9 Å². The van der Waals surface area contributed by atoms with Crippen molar-refractivity contribution in [3.8, 4) is 11.5 Å². The minimum absolute atomic E-state index is 0.142. The SMILES string of the molecule is [CH3][Ge]([CH3])([CH3])[CH2]CC(=O)OCCOCCOCCOCCOc1ccccc1OCCOCCOCCOCCOC(=O)C[CH2][Ge]([CH3])([CH3])[CH3]. The van der Waals surface area contributed by atoms with E-state index in [1.807, 2.05) is 24.3 Å². The fraction of sp³-hybridized carbons (Fsp3) is 0.765. The Morgan fingerprint density at radius 1 is 0.438 bits per heavy atom. The van der Waals surface area contributed by atoms with E-state index in [1.165, 1.54) is 0 Å². The Kier molecular flexibility index (Phi) is 26.3. The molecular formula is C34H62Ge2O12. The van der Waals surface area contributed by atoms with E-state index < -0.39 is 26.5 Å². The Bertz CT molecular complexity index is 878. The van der Waals surface area contributed by atoms with Crippen LogP contribution >= 0.6 is 0 Å². The van der Waals surface area contributed by atoms with Crippen LogP contribution < -0.4 is 9.47 Å². The van der Waals surface area contributed by atoms with Gasteiger partial charge in [0.2, 0.25) is 0 Å². The molecule has 0 heterocycles. The van der Waals surface area contributed by atoms with Crippen LogP contribution in [0.4, 0.5) is 0 Å². The second-order valence-electron chi connectivity index (χ2n) is 13.4. The van der Waals surface area contributed by atoms with Crippen molar-refractivity contribution in [2.24, 2.45) is 0 Å². The topological polar surface area (TPSA) is 126 Å². The Balaban J connectivity index is 1.92. The maximum atomic E-state index is 11.7. The molecule has 0 aliphatic carbocycles. The van der Waals surface area contributed by atoms with Crippen molar-refractivity contribution < 1.29 is 57.0 Å². The van der Waals surface area contributed by atoms with Gasteiger partial charge in [0.05, 0.1) is 13.2 Å². The summed E-state index contributed by atoms with van der Waals surface area (Å²) in [5.74, 6) is 14.7. The number of hydrogen-bond acceptors (Lipinski definition) is 12. The molecule has 0 radical (unpaired) electrons. The van der Waals surface area contributed by atoms with Crippen molar-refractivity contribution in [2.75, 3.05) is 106 Å². The van der Waals surface area contributed by atoms with Gasteiger partial charge in [-0.05, 0) is 12.1 Å². The van der Waals surface area contributed by atoms with Crippen LogP contribution in [0.5, 0.6) is 11.5 Å². The predicted octanol–water partition coefficient (Wildman–Crippen LogP) is 5.09. The zero-order chi connectivity index (χ0) is 35.4. The molecule has 0 aromatic heterocycles. The molecule has 1 aromatic rings. The Morgan fingerprint density at radius 2 is 0.708 bits per heavy atom. The number of esters is 2. The number of benzene rings is 1. The third-order valence-corrected chi connectivity index (χ3v) is 13.8. The first kappa shape index (κ1) is 44.6. The van der Waals surface area contributed by atoms with E-state index >= 15 is 0 Å². The van der Waals surface area contributed by atoms with E-state index in [9.17, 15) is 9.59 Å². The summed E-state index contributed by atoms with van der Waals surface area (Å²) < 4.78 is 55.0.